The average molecular weight is 245 g/mol. The SMILES string of the molecule is CC(C)(C)OC(=O)C[C@@H](C#N)Cc1ccccc1. The molecule has 1 rings (SSSR count). The molecule has 0 saturated carbocycles. The van der Waals surface area contributed by atoms with E-state index in [9.17, 15) is 4.79 Å². The van der Waals surface area contributed by atoms with Crippen LogP contribution in [-0.2, 0) is 16.0 Å². The van der Waals surface area contributed by atoms with Crippen LogP contribution in [0.5, 0.6) is 0 Å². The molecule has 0 N–H and O–H groups in total. The summed E-state index contributed by atoms with van der Waals surface area (Å²) in [6.45, 7) is 5.47. The maximum Gasteiger partial charge on any atom is 0.307 e. The number of carbonyl (C=O) groups excluding carboxylic acids is 1. The molecule has 1 aromatic rings. The Morgan fingerprint density at radius 1 is 1.33 bits per heavy atom. The van der Waals surface area contributed by atoms with Crippen LogP contribution in [0.3, 0.4) is 0 Å². The Morgan fingerprint density at radius 2 is 1.94 bits per heavy atom. The smallest absolute Gasteiger partial charge is 0.307 e. The Labute approximate surface area is 108 Å². The minimum Gasteiger partial charge on any atom is -0.460 e. The molecule has 0 fully saturated rings. The van der Waals surface area contributed by atoms with Crippen LogP contribution < -0.4 is 0 Å². The second-order valence-corrected chi connectivity index (χ2v) is 5.31. The van der Waals surface area contributed by atoms with Crippen molar-refractivity contribution in [3.05, 3.63) is 35.9 Å². The normalized spacial score (nSPS) is 12.6. The molecule has 0 unspecified atom stereocenters. The van der Waals surface area contributed by atoms with Crippen LogP contribution in [0.25, 0.3) is 0 Å². The van der Waals surface area contributed by atoms with Crippen molar-refractivity contribution in [3.63, 3.8) is 0 Å². The summed E-state index contributed by atoms with van der Waals surface area (Å²) in [5.74, 6) is -0.646. The molecule has 0 saturated heterocycles. The van der Waals surface area contributed by atoms with Gasteiger partial charge in [0, 0.05) is 0 Å². The molecule has 96 valence electrons. The van der Waals surface area contributed by atoms with Crippen molar-refractivity contribution in [3.8, 4) is 6.07 Å². The average Bonchev–Trinajstić information content (AvgIpc) is 2.27. The zero-order valence-corrected chi connectivity index (χ0v) is 11.1. The fourth-order valence-corrected chi connectivity index (χ4v) is 1.65. The van der Waals surface area contributed by atoms with Crippen molar-refractivity contribution >= 4 is 5.97 Å². The van der Waals surface area contributed by atoms with Gasteiger partial charge in [0.15, 0.2) is 0 Å². The number of nitriles is 1. The number of carbonyl (C=O) groups is 1. The van der Waals surface area contributed by atoms with Crippen LogP contribution in [0.4, 0.5) is 0 Å². The topological polar surface area (TPSA) is 50.1 Å². The van der Waals surface area contributed by atoms with Crippen LogP contribution in [-0.4, -0.2) is 11.6 Å². The van der Waals surface area contributed by atoms with Crippen LogP contribution in [0.2, 0.25) is 0 Å². The van der Waals surface area contributed by atoms with E-state index in [4.69, 9.17) is 10.00 Å². The first-order valence-corrected chi connectivity index (χ1v) is 6.06. The van der Waals surface area contributed by atoms with Gasteiger partial charge in [0.25, 0.3) is 0 Å². The Morgan fingerprint density at radius 3 is 2.44 bits per heavy atom. The minimum absolute atomic E-state index is 0.142. The highest BCUT2D eigenvalue weighted by Gasteiger charge is 2.20. The third-order valence-electron chi connectivity index (χ3n) is 2.34. The van der Waals surface area contributed by atoms with E-state index in [1.807, 2.05) is 51.1 Å². The van der Waals surface area contributed by atoms with E-state index in [1.165, 1.54) is 0 Å². The van der Waals surface area contributed by atoms with Gasteiger partial charge in [-0.1, -0.05) is 30.3 Å². The van der Waals surface area contributed by atoms with E-state index in [1.54, 1.807) is 0 Å². The van der Waals surface area contributed by atoms with Gasteiger partial charge in [-0.2, -0.15) is 5.26 Å². The summed E-state index contributed by atoms with van der Waals surface area (Å²) in [4.78, 5) is 11.6. The summed E-state index contributed by atoms with van der Waals surface area (Å²) < 4.78 is 5.22. The molecule has 0 heterocycles. The lowest BCUT2D eigenvalue weighted by Crippen LogP contribution is -2.25. The highest BCUT2D eigenvalue weighted by Crippen LogP contribution is 2.15. The van der Waals surface area contributed by atoms with Gasteiger partial charge in [-0.25, -0.2) is 0 Å². The number of hydrogen-bond donors (Lipinski definition) is 0. The summed E-state index contributed by atoms with van der Waals surface area (Å²) in [5, 5.41) is 9.08. The molecule has 0 aliphatic rings. The highest BCUT2D eigenvalue weighted by atomic mass is 16.6. The van der Waals surface area contributed by atoms with Crippen molar-refractivity contribution in [2.24, 2.45) is 5.92 Å². The molecule has 0 aliphatic heterocycles. The summed E-state index contributed by atoms with van der Waals surface area (Å²) in [5.41, 5.74) is 0.566. The number of rotatable bonds is 4. The summed E-state index contributed by atoms with van der Waals surface area (Å²) in [6, 6.07) is 11.9. The molecular formula is C15H19NO2. The maximum absolute atomic E-state index is 11.6. The van der Waals surface area contributed by atoms with Gasteiger partial charge in [0.05, 0.1) is 18.4 Å². The van der Waals surface area contributed by atoms with E-state index in [0.29, 0.717) is 6.42 Å². The molecule has 0 bridgehead atoms. The van der Waals surface area contributed by atoms with Gasteiger partial charge in [-0.3, -0.25) is 4.79 Å². The minimum atomic E-state index is -0.496. The Kier molecular flexibility index (Phi) is 4.91. The Hall–Kier alpha value is -1.82. The fourth-order valence-electron chi connectivity index (χ4n) is 1.65. The lowest BCUT2D eigenvalue weighted by molar-refractivity contribution is -0.155. The Bertz CT molecular complexity index is 426. The number of esters is 1. The zero-order chi connectivity index (χ0) is 13.6. The first-order valence-electron chi connectivity index (χ1n) is 6.06. The van der Waals surface area contributed by atoms with Crippen molar-refractivity contribution in [2.75, 3.05) is 0 Å². The van der Waals surface area contributed by atoms with Crippen LogP contribution >= 0.6 is 0 Å². The third-order valence-corrected chi connectivity index (χ3v) is 2.34. The molecular weight excluding hydrogens is 226 g/mol. The van der Waals surface area contributed by atoms with E-state index >= 15 is 0 Å². The molecule has 3 heteroatoms. The molecule has 1 atom stereocenters. The van der Waals surface area contributed by atoms with Crippen LogP contribution in [0.15, 0.2) is 30.3 Å². The van der Waals surface area contributed by atoms with Gasteiger partial charge in [0.2, 0.25) is 0 Å². The van der Waals surface area contributed by atoms with E-state index < -0.39 is 5.60 Å². The van der Waals surface area contributed by atoms with Gasteiger partial charge in [-0.05, 0) is 32.8 Å². The van der Waals surface area contributed by atoms with Gasteiger partial charge < -0.3 is 4.74 Å². The van der Waals surface area contributed by atoms with E-state index in [0.717, 1.165) is 5.56 Å². The molecule has 0 aliphatic carbocycles. The fraction of sp³-hybridized carbons (Fsp3) is 0.467. The van der Waals surface area contributed by atoms with E-state index in [2.05, 4.69) is 6.07 Å². The summed E-state index contributed by atoms with van der Waals surface area (Å²) >= 11 is 0. The quantitative estimate of drug-likeness (QED) is 0.766. The van der Waals surface area contributed by atoms with Gasteiger partial charge >= 0.3 is 5.97 Å². The number of ether oxygens (including phenoxy) is 1. The number of hydrogen-bond acceptors (Lipinski definition) is 3. The first-order chi connectivity index (χ1) is 8.40. The second-order valence-electron chi connectivity index (χ2n) is 5.31. The van der Waals surface area contributed by atoms with Crippen molar-refractivity contribution < 1.29 is 9.53 Å². The highest BCUT2D eigenvalue weighted by molar-refractivity contribution is 5.70. The lowest BCUT2D eigenvalue weighted by atomic mass is 9.97. The van der Waals surface area contributed by atoms with E-state index in [-0.39, 0.29) is 18.3 Å². The third kappa shape index (κ3) is 5.49. The van der Waals surface area contributed by atoms with Gasteiger partial charge in [0.1, 0.15) is 5.60 Å². The van der Waals surface area contributed by atoms with Crippen molar-refractivity contribution in [1.82, 2.24) is 0 Å². The molecule has 3 nitrogen and oxygen atoms in total. The second kappa shape index (κ2) is 6.20. The molecule has 0 radical (unpaired) electrons. The zero-order valence-electron chi connectivity index (χ0n) is 11.1. The predicted octanol–water partition coefficient (Wildman–Crippen LogP) is 3.10. The van der Waals surface area contributed by atoms with Crippen molar-refractivity contribution in [2.45, 2.75) is 39.2 Å². The first kappa shape index (κ1) is 14.2. The molecule has 0 spiro atoms. The summed E-state index contributed by atoms with van der Waals surface area (Å²) in [6.07, 6.45) is 0.721. The molecule has 18 heavy (non-hydrogen) atoms. The summed E-state index contributed by atoms with van der Waals surface area (Å²) in [7, 11) is 0. The Balaban J connectivity index is 2.54. The van der Waals surface area contributed by atoms with Gasteiger partial charge in [-0.15, -0.1) is 0 Å². The lowest BCUT2D eigenvalue weighted by Gasteiger charge is -2.20. The maximum atomic E-state index is 11.6. The number of benzene rings is 1. The molecule has 0 amide bonds. The number of nitrogens with zero attached hydrogens (tertiary/aromatic N) is 1. The predicted molar refractivity (Wildman–Crippen MR) is 69.7 cm³/mol. The monoisotopic (exact) mass is 245 g/mol. The van der Waals surface area contributed by atoms with Crippen LogP contribution in [0, 0.1) is 17.2 Å². The molecule has 1 aromatic carbocycles. The standard InChI is InChI=1S/C15H19NO2/c1-15(2,3)18-14(17)10-13(11-16)9-12-7-5-4-6-8-12/h4-8,13H,9-10H2,1-3H3/t13-/m0/s1. The van der Waals surface area contributed by atoms with Crippen molar-refractivity contribution in [1.29, 1.82) is 5.26 Å². The largest absolute Gasteiger partial charge is 0.460 e. The van der Waals surface area contributed by atoms with Crippen LogP contribution in [0.1, 0.15) is 32.8 Å². The molecule has 0 aromatic heterocycles.